The summed E-state index contributed by atoms with van der Waals surface area (Å²) in [5.74, 6) is 0.870. The number of aryl methyl sites for hydroxylation is 1. The maximum absolute atomic E-state index is 4.33. The highest BCUT2D eigenvalue weighted by Crippen LogP contribution is 2.25. The summed E-state index contributed by atoms with van der Waals surface area (Å²) < 4.78 is 0. The van der Waals surface area contributed by atoms with Gasteiger partial charge < -0.3 is 5.32 Å². The van der Waals surface area contributed by atoms with Crippen molar-refractivity contribution in [3.05, 3.63) is 29.0 Å². The summed E-state index contributed by atoms with van der Waals surface area (Å²) in [7, 11) is 0. The molecule has 2 aromatic heterocycles. The van der Waals surface area contributed by atoms with Gasteiger partial charge in [0.05, 0.1) is 0 Å². The molecule has 0 atom stereocenters. The van der Waals surface area contributed by atoms with Crippen LogP contribution in [0.25, 0.3) is 0 Å². The maximum atomic E-state index is 4.33. The van der Waals surface area contributed by atoms with Crippen LogP contribution in [0.15, 0.2) is 23.7 Å². The number of nitrogens with one attached hydrogen (secondary N) is 1. The second kappa shape index (κ2) is 6.70. The van der Waals surface area contributed by atoms with Gasteiger partial charge in [-0.3, -0.25) is 0 Å². The first kappa shape index (κ1) is 13.3. The minimum atomic E-state index is 0.817. The first-order valence-electron chi connectivity index (χ1n) is 5.88. The van der Waals surface area contributed by atoms with Gasteiger partial charge in [0.1, 0.15) is 0 Å². The van der Waals surface area contributed by atoms with Crippen molar-refractivity contribution in [2.45, 2.75) is 31.2 Å². The van der Waals surface area contributed by atoms with E-state index in [0.29, 0.717) is 0 Å². The summed E-state index contributed by atoms with van der Waals surface area (Å²) >= 11 is 3.34. The molecule has 0 aliphatic carbocycles. The quantitative estimate of drug-likeness (QED) is 0.649. The number of hydrogen-bond donors (Lipinski definition) is 1. The number of anilines is 1. The molecule has 4 nitrogen and oxygen atoms in total. The van der Waals surface area contributed by atoms with Gasteiger partial charge in [-0.25, -0.2) is 15.0 Å². The van der Waals surface area contributed by atoms with E-state index >= 15 is 0 Å². The molecule has 0 aromatic carbocycles. The molecule has 0 bridgehead atoms. The number of thioether (sulfide) groups is 1. The van der Waals surface area contributed by atoms with Crippen LogP contribution in [0.4, 0.5) is 5.13 Å². The summed E-state index contributed by atoms with van der Waals surface area (Å²) in [6.45, 7) is 5.11. The Kier molecular flexibility index (Phi) is 4.95. The van der Waals surface area contributed by atoms with Gasteiger partial charge in [-0.2, -0.15) is 0 Å². The predicted molar refractivity (Wildman–Crippen MR) is 77.2 cm³/mol. The van der Waals surface area contributed by atoms with Gasteiger partial charge in [0.25, 0.3) is 0 Å². The average Bonchev–Trinajstić information content (AvgIpc) is 2.84. The molecule has 18 heavy (non-hydrogen) atoms. The third-order valence-electron chi connectivity index (χ3n) is 2.18. The molecule has 0 spiro atoms. The Labute approximate surface area is 115 Å². The summed E-state index contributed by atoms with van der Waals surface area (Å²) in [4.78, 5) is 14.1. The highest BCUT2D eigenvalue weighted by molar-refractivity contribution is 7.98. The van der Waals surface area contributed by atoms with Crippen LogP contribution in [0.3, 0.4) is 0 Å². The van der Waals surface area contributed by atoms with E-state index in [0.717, 1.165) is 34.6 Å². The molecular weight excluding hydrogens is 264 g/mol. The monoisotopic (exact) mass is 280 g/mol. The molecule has 0 unspecified atom stereocenters. The average molecular weight is 280 g/mol. The smallest absolute Gasteiger partial charge is 0.187 e. The molecule has 0 fully saturated rings. The number of nitrogens with zero attached hydrogens (tertiary/aromatic N) is 3. The number of thiazole rings is 1. The Bertz CT molecular complexity index is 481. The molecule has 0 aliphatic heterocycles. The van der Waals surface area contributed by atoms with Gasteiger partial charge in [-0.15, -0.1) is 11.3 Å². The molecule has 0 aliphatic rings. The lowest BCUT2D eigenvalue weighted by molar-refractivity contribution is 0.950. The second-order valence-electron chi connectivity index (χ2n) is 3.89. The Hall–Kier alpha value is -1.14. The predicted octanol–water partition coefficient (Wildman–Crippen LogP) is 3.36. The molecule has 96 valence electrons. The van der Waals surface area contributed by atoms with E-state index in [1.165, 1.54) is 4.88 Å². The van der Waals surface area contributed by atoms with Crippen molar-refractivity contribution >= 4 is 28.2 Å². The van der Waals surface area contributed by atoms with Gasteiger partial charge in [-0.05, 0) is 18.9 Å². The van der Waals surface area contributed by atoms with Crippen LogP contribution < -0.4 is 5.32 Å². The minimum absolute atomic E-state index is 0.817. The zero-order chi connectivity index (χ0) is 12.8. The fraction of sp³-hybridized carbons (Fsp3) is 0.417. The molecule has 2 heterocycles. The van der Waals surface area contributed by atoms with Crippen LogP contribution in [-0.2, 0) is 5.75 Å². The lowest BCUT2D eigenvalue weighted by Gasteiger charge is -1.98. The number of rotatable bonds is 6. The van der Waals surface area contributed by atoms with Crippen molar-refractivity contribution in [3.8, 4) is 0 Å². The zero-order valence-electron chi connectivity index (χ0n) is 10.5. The lowest BCUT2D eigenvalue weighted by Crippen LogP contribution is -1.97. The molecule has 2 rings (SSSR count). The molecule has 1 N–H and O–H groups in total. The summed E-state index contributed by atoms with van der Waals surface area (Å²) in [5, 5.41) is 5.10. The third kappa shape index (κ3) is 3.96. The van der Waals surface area contributed by atoms with Crippen LogP contribution in [-0.4, -0.2) is 21.5 Å². The van der Waals surface area contributed by atoms with Gasteiger partial charge in [0.2, 0.25) is 0 Å². The van der Waals surface area contributed by atoms with E-state index in [1.54, 1.807) is 23.1 Å². The first-order chi connectivity index (χ1) is 8.78. The molecule has 0 saturated heterocycles. The Morgan fingerprint density at radius 3 is 2.72 bits per heavy atom. The maximum Gasteiger partial charge on any atom is 0.187 e. The fourth-order valence-corrected chi connectivity index (χ4v) is 2.93. The van der Waals surface area contributed by atoms with Crippen LogP contribution in [0.2, 0.25) is 0 Å². The topological polar surface area (TPSA) is 50.7 Å². The highest BCUT2D eigenvalue weighted by atomic mass is 32.2. The van der Waals surface area contributed by atoms with E-state index in [2.05, 4.69) is 27.2 Å². The number of aromatic nitrogens is 3. The number of hydrogen-bond acceptors (Lipinski definition) is 6. The molecule has 2 aromatic rings. The second-order valence-corrected chi connectivity index (χ2v) is 5.95. The van der Waals surface area contributed by atoms with Crippen molar-refractivity contribution in [1.82, 2.24) is 15.0 Å². The van der Waals surface area contributed by atoms with Gasteiger partial charge in [0, 0.05) is 35.8 Å². The zero-order valence-corrected chi connectivity index (χ0v) is 12.1. The van der Waals surface area contributed by atoms with Crippen molar-refractivity contribution < 1.29 is 0 Å². The summed E-state index contributed by atoms with van der Waals surface area (Å²) in [6, 6.07) is 0. The lowest BCUT2D eigenvalue weighted by atomic mass is 10.4. The Morgan fingerprint density at radius 1 is 1.22 bits per heavy atom. The largest absolute Gasteiger partial charge is 0.362 e. The summed E-state index contributed by atoms with van der Waals surface area (Å²) in [5.41, 5.74) is 1.09. The highest BCUT2D eigenvalue weighted by Gasteiger charge is 2.03. The normalized spacial score (nSPS) is 10.6. The van der Waals surface area contributed by atoms with Gasteiger partial charge in [-0.1, -0.05) is 18.7 Å². The molecular formula is C12H16N4S2. The fourth-order valence-electron chi connectivity index (χ4n) is 1.28. The third-order valence-corrected chi connectivity index (χ3v) is 4.24. The molecule has 0 saturated carbocycles. The Balaban J connectivity index is 1.86. The van der Waals surface area contributed by atoms with Crippen molar-refractivity contribution in [2.24, 2.45) is 0 Å². The van der Waals surface area contributed by atoms with Crippen LogP contribution in [0.5, 0.6) is 0 Å². The van der Waals surface area contributed by atoms with Crippen LogP contribution in [0, 0.1) is 6.92 Å². The standard InChI is InChI=1S/C12H16N4S2/c1-3-4-13-12-16-7-10(18-12)8-17-11-14-5-9(2)6-15-11/h5-7H,3-4,8H2,1-2H3,(H,13,16). The van der Waals surface area contributed by atoms with E-state index < -0.39 is 0 Å². The molecule has 6 heteroatoms. The van der Waals surface area contributed by atoms with Crippen LogP contribution >= 0.6 is 23.1 Å². The van der Waals surface area contributed by atoms with Crippen molar-refractivity contribution in [2.75, 3.05) is 11.9 Å². The first-order valence-corrected chi connectivity index (χ1v) is 7.68. The van der Waals surface area contributed by atoms with E-state index in [4.69, 9.17) is 0 Å². The van der Waals surface area contributed by atoms with E-state index in [1.807, 2.05) is 25.5 Å². The molecule has 0 radical (unpaired) electrons. The van der Waals surface area contributed by atoms with Crippen molar-refractivity contribution in [1.29, 1.82) is 0 Å². The van der Waals surface area contributed by atoms with Gasteiger partial charge in [0.15, 0.2) is 10.3 Å². The minimum Gasteiger partial charge on any atom is -0.362 e. The SMILES string of the molecule is CCCNc1ncc(CSc2ncc(C)cn2)s1. The molecule has 0 amide bonds. The summed E-state index contributed by atoms with van der Waals surface area (Å²) in [6.07, 6.45) is 6.72. The van der Waals surface area contributed by atoms with Crippen LogP contribution in [0.1, 0.15) is 23.8 Å². The van der Waals surface area contributed by atoms with Crippen molar-refractivity contribution in [3.63, 3.8) is 0 Å². The Morgan fingerprint density at radius 2 is 2.00 bits per heavy atom. The van der Waals surface area contributed by atoms with E-state index in [9.17, 15) is 0 Å². The van der Waals surface area contributed by atoms with Gasteiger partial charge >= 0.3 is 0 Å². The van der Waals surface area contributed by atoms with E-state index in [-0.39, 0.29) is 0 Å².